The molecule has 0 unspecified atom stereocenters. The predicted octanol–water partition coefficient (Wildman–Crippen LogP) is 3.94. The Morgan fingerprint density at radius 2 is 1.94 bits per heavy atom. The summed E-state index contributed by atoms with van der Waals surface area (Å²) in [5.41, 5.74) is 1.17. The van der Waals surface area contributed by atoms with Crippen LogP contribution in [0.25, 0.3) is 0 Å². The van der Waals surface area contributed by atoms with Gasteiger partial charge in [0, 0.05) is 35.7 Å². The van der Waals surface area contributed by atoms with Gasteiger partial charge >= 0.3 is 0 Å². The van der Waals surface area contributed by atoms with Crippen LogP contribution in [-0.4, -0.2) is 46.0 Å². The second-order valence-electron chi connectivity index (χ2n) is 6.66. The SMILES string of the molecule is COc1ccc(C(=O)NCCc2nnc(SCC(=O)Nc3ccc(Br)c(Cl)c3)n2C)cc1. The topological polar surface area (TPSA) is 98.1 Å². The van der Waals surface area contributed by atoms with Gasteiger partial charge in [-0.3, -0.25) is 9.59 Å². The summed E-state index contributed by atoms with van der Waals surface area (Å²) in [7, 11) is 3.41. The number of halogens is 2. The molecule has 0 bridgehead atoms. The quantitative estimate of drug-likeness (QED) is 0.401. The highest BCUT2D eigenvalue weighted by atomic mass is 79.9. The molecule has 0 aliphatic carbocycles. The molecular formula is C21H21BrClN5O3S. The van der Waals surface area contributed by atoms with E-state index in [2.05, 4.69) is 36.8 Å². The van der Waals surface area contributed by atoms with Gasteiger partial charge in [0.15, 0.2) is 5.16 Å². The van der Waals surface area contributed by atoms with Crippen LogP contribution < -0.4 is 15.4 Å². The van der Waals surface area contributed by atoms with E-state index in [0.29, 0.717) is 46.0 Å². The molecule has 3 rings (SSSR count). The molecule has 0 radical (unpaired) electrons. The van der Waals surface area contributed by atoms with Gasteiger partial charge < -0.3 is 19.9 Å². The lowest BCUT2D eigenvalue weighted by atomic mass is 10.2. The van der Waals surface area contributed by atoms with Crippen molar-refractivity contribution in [3.8, 4) is 5.75 Å². The molecule has 32 heavy (non-hydrogen) atoms. The summed E-state index contributed by atoms with van der Waals surface area (Å²) in [5.74, 6) is 1.23. The fourth-order valence-electron chi connectivity index (χ4n) is 2.72. The number of thioether (sulfide) groups is 1. The van der Waals surface area contributed by atoms with E-state index in [9.17, 15) is 9.59 Å². The van der Waals surface area contributed by atoms with Crippen LogP contribution in [0, 0.1) is 0 Å². The Bertz CT molecular complexity index is 1110. The third-order valence-electron chi connectivity index (χ3n) is 4.45. The number of hydrogen-bond donors (Lipinski definition) is 2. The zero-order valence-corrected chi connectivity index (χ0v) is 20.6. The van der Waals surface area contributed by atoms with E-state index >= 15 is 0 Å². The highest BCUT2D eigenvalue weighted by Gasteiger charge is 2.13. The lowest BCUT2D eigenvalue weighted by Crippen LogP contribution is -2.26. The van der Waals surface area contributed by atoms with Crippen LogP contribution in [0.2, 0.25) is 5.02 Å². The van der Waals surface area contributed by atoms with Crippen LogP contribution in [0.1, 0.15) is 16.2 Å². The number of carbonyl (C=O) groups excluding carboxylic acids is 2. The van der Waals surface area contributed by atoms with Crippen LogP contribution in [0.15, 0.2) is 52.1 Å². The van der Waals surface area contributed by atoms with E-state index in [1.807, 2.05) is 11.6 Å². The summed E-state index contributed by atoms with van der Waals surface area (Å²) in [6.07, 6.45) is 0.509. The molecule has 0 aliphatic heterocycles. The molecule has 2 aromatic carbocycles. The highest BCUT2D eigenvalue weighted by Crippen LogP contribution is 2.25. The van der Waals surface area contributed by atoms with E-state index in [4.69, 9.17) is 16.3 Å². The van der Waals surface area contributed by atoms with Crippen molar-refractivity contribution in [1.82, 2.24) is 20.1 Å². The average Bonchev–Trinajstić information content (AvgIpc) is 3.14. The molecule has 0 aliphatic rings. The fraction of sp³-hybridized carbons (Fsp3) is 0.238. The van der Waals surface area contributed by atoms with Gasteiger partial charge in [0.1, 0.15) is 11.6 Å². The Kier molecular flexibility index (Phi) is 8.54. The highest BCUT2D eigenvalue weighted by molar-refractivity contribution is 9.10. The molecule has 8 nitrogen and oxygen atoms in total. The first kappa shape index (κ1) is 24.1. The van der Waals surface area contributed by atoms with Gasteiger partial charge in [-0.1, -0.05) is 23.4 Å². The Hall–Kier alpha value is -2.56. The molecule has 0 saturated carbocycles. The van der Waals surface area contributed by atoms with Crippen molar-refractivity contribution >= 4 is 56.8 Å². The van der Waals surface area contributed by atoms with Crippen molar-refractivity contribution in [3.63, 3.8) is 0 Å². The maximum atomic E-state index is 12.2. The number of nitrogens with zero attached hydrogens (tertiary/aromatic N) is 3. The number of anilines is 1. The van der Waals surface area contributed by atoms with Crippen molar-refractivity contribution in [2.75, 3.05) is 24.7 Å². The number of carbonyl (C=O) groups is 2. The van der Waals surface area contributed by atoms with E-state index in [0.717, 1.165) is 4.47 Å². The Labute approximate surface area is 203 Å². The van der Waals surface area contributed by atoms with Crippen LogP contribution in [0.5, 0.6) is 5.75 Å². The minimum atomic E-state index is -0.176. The number of hydrogen-bond acceptors (Lipinski definition) is 6. The van der Waals surface area contributed by atoms with Gasteiger partial charge in [0.25, 0.3) is 5.91 Å². The zero-order chi connectivity index (χ0) is 23.1. The summed E-state index contributed by atoms with van der Waals surface area (Å²) in [5, 5.41) is 15.1. The Balaban J connectivity index is 1.46. The number of nitrogens with one attached hydrogen (secondary N) is 2. The number of rotatable bonds is 9. The standard InChI is InChI=1S/C21H21BrClN5O3S/c1-28-18(9-10-24-20(30)13-3-6-15(31-2)7-4-13)26-27-21(28)32-12-19(29)25-14-5-8-16(22)17(23)11-14/h3-8,11H,9-10,12H2,1-2H3,(H,24,30)(H,25,29). The summed E-state index contributed by atoms with van der Waals surface area (Å²) in [4.78, 5) is 24.5. The molecule has 11 heteroatoms. The van der Waals surface area contributed by atoms with Gasteiger partial charge in [0.2, 0.25) is 5.91 Å². The number of methoxy groups -OCH3 is 1. The first-order valence-corrected chi connectivity index (χ1v) is 11.7. The van der Waals surface area contributed by atoms with Crippen molar-refractivity contribution in [2.45, 2.75) is 11.6 Å². The first-order valence-electron chi connectivity index (χ1n) is 9.55. The predicted molar refractivity (Wildman–Crippen MR) is 129 cm³/mol. The summed E-state index contributed by atoms with van der Waals surface area (Å²) in [6.45, 7) is 0.409. The number of benzene rings is 2. The Morgan fingerprint density at radius 1 is 1.19 bits per heavy atom. The second-order valence-corrected chi connectivity index (χ2v) is 8.86. The van der Waals surface area contributed by atoms with Crippen LogP contribution in [0.4, 0.5) is 5.69 Å². The number of amides is 2. The molecule has 2 amide bonds. The second kappa shape index (κ2) is 11.3. The van der Waals surface area contributed by atoms with Crippen molar-refractivity contribution < 1.29 is 14.3 Å². The van der Waals surface area contributed by atoms with Gasteiger partial charge in [0.05, 0.1) is 17.9 Å². The van der Waals surface area contributed by atoms with E-state index in [-0.39, 0.29) is 17.6 Å². The molecule has 1 aromatic heterocycles. The van der Waals surface area contributed by atoms with Gasteiger partial charge in [-0.05, 0) is 58.4 Å². The largest absolute Gasteiger partial charge is 0.497 e. The zero-order valence-electron chi connectivity index (χ0n) is 17.4. The molecule has 168 valence electrons. The van der Waals surface area contributed by atoms with Gasteiger partial charge in [-0.2, -0.15) is 0 Å². The maximum absolute atomic E-state index is 12.2. The van der Waals surface area contributed by atoms with Crippen LogP contribution >= 0.6 is 39.3 Å². The lowest BCUT2D eigenvalue weighted by molar-refractivity contribution is -0.113. The molecular weight excluding hydrogens is 518 g/mol. The summed E-state index contributed by atoms with van der Waals surface area (Å²) < 4.78 is 7.67. The van der Waals surface area contributed by atoms with Crippen LogP contribution in [-0.2, 0) is 18.3 Å². The third-order valence-corrected chi connectivity index (χ3v) is 6.70. The molecule has 1 heterocycles. The monoisotopic (exact) mass is 537 g/mol. The molecule has 0 spiro atoms. The van der Waals surface area contributed by atoms with Gasteiger partial charge in [-0.15, -0.1) is 10.2 Å². The van der Waals surface area contributed by atoms with Crippen molar-refractivity contribution in [1.29, 1.82) is 0 Å². The fourth-order valence-corrected chi connectivity index (χ4v) is 3.88. The van der Waals surface area contributed by atoms with E-state index in [1.54, 1.807) is 49.6 Å². The molecule has 0 saturated heterocycles. The normalized spacial score (nSPS) is 10.6. The van der Waals surface area contributed by atoms with Gasteiger partial charge in [-0.25, -0.2) is 0 Å². The Morgan fingerprint density at radius 3 is 2.62 bits per heavy atom. The molecule has 2 N–H and O–H groups in total. The third kappa shape index (κ3) is 6.47. The summed E-state index contributed by atoms with van der Waals surface area (Å²) in [6, 6.07) is 12.1. The average molecular weight is 539 g/mol. The number of aromatic nitrogens is 3. The minimum Gasteiger partial charge on any atom is -0.497 e. The van der Waals surface area contributed by atoms with E-state index in [1.165, 1.54) is 11.8 Å². The summed E-state index contributed by atoms with van der Waals surface area (Å²) >= 11 is 10.6. The minimum absolute atomic E-state index is 0.172. The lowest BCUT2D eigenvalue weighted by Gasteiger charge is -2.07. The molecule has 0 atom stereocenters. The smallest absolute Gasteiger partial charge is 0.251 e. The first-order chi connectivity index (χ1) is 15.4. The van der Waals surface area contributed by atoms with E-state index < -0.39 is 0 Å². The molecule has 0 fully saturated rings. The van der Waals surface area contributed by atoms with Crippen molar-refractivity contribution in [3.05, 3.63) is 63.3 Å². The maximum Gasteiger partial charge on any atom is 0.251 e. The number of ether oxygens (including phenoxy) is 1. The molecule has 3 aromatic rings. The van der Waals surface area contributed by atoms with Crippen molar-refractivity contribution in [2.24, 2.45) is 7.05 Å². The van der Waals surface area contributed by atoms with Crippen LogP contribution in [0.3, 0.4) is 0 Å².